The molecule has 2 amide bonds. The van der Waals surface area contributed by atoms with Crippen LogP contribution in [0.5, 0.6) is 0 Å². The maximum atomic E-state index is 13.4. The summed E-state index contributed by atoms with van der Waals surface area (Å²) in [6.45, 7) is 0.831. The predicted molar refractivity (Wildman–Crippen MR) is 127 cm³/mol. The smallest absolute Gasteiger partial charge is 0.407 e. The third-order valence-electron chi connectivity index (χ3n) is 6.05. The van der Waals surface area contributed by atoms with E-state index in [1.54, 1.807) is 30.5 Å². The number of nitrogen functional groups attached to an aromatic ring is 1. The number of amides is 2. The molecule has 4 aromatic rings. The number of rotatable bonds is 4. The van der Waals surface area contributed by atoms with Gasteiger partial charge in [-0.15, -0.1) is 0 Å². The van der Waals surface area contributed by atoms with Gasteiger partial charge in [-0.2, -0.15) is 5.10 Å². The lowest BCUT2D eigenvalue weighted by atomic mass is 10.1. The Balaban J connectivity index is 1.47. The van der Waals surface area contributed by atoms with E-state index in [0.29, 0.717) is 35.6 Å². The van der Waals surface area contributed by atoms with Gasteiger partial charge in [0.15, 0.2) is 0 Å². The van der Waals surface area contributed by atoms with Gasteiger partial charge in [0, 0.05) is 42.7 Å². The number of fused-ring (bicyclic) bond motifs is 1. The lowest BCUT2D eigenvalue weighted by Gasteiger charge is -2.31. The van der Waals surface area contributed by atoms with E-state index in [9.17, 15) is 19.1 Å². The number of nitrogens with one attached hydrogen (secondary N) is 1. The minimum atomic E-state index is -0.949. The number of aromatic nitrogens is 4. The number of piperidine rings is 1. The van der Waals surface area contributed by atoms with Crippen LogP contribution in [-0.2, 0) is 0 Å². The zero-order valence-electron chi connectivity index (χ0n) is 18.6. The molecule has 1 aliphatic heterocycles. The number of carboxylic acid groups (broad SMARTS) is 1. The number of hydrogen-bond donors (Lipinski definition) is 3. The molecule has 178 valence electrons. The van der Waals surface area contributed by atoms with Gasteiger partial charge in [0.25, 0.3) is 5.91 Å². The number of anilines is 2. The Kier molecular flexibility index (Phi) is 5.73. The second kappa shape index (κ2) is 9.01. The summed E-state index contributed by atoms with van der Waals surface area (Å²) < 4.78 is 15.2. The molecule has 1 unspecified atom stereocenters. The molecule has 3 aromatic heterocycles. The van der Waals surface area contributed by atoms with Crippen LogP contribution in [0.2, 0.25) is 0 Å². The van der Waals surface area contributed by atoms with Crippen molar-refractivity contribution in [1.82, 2.24) is 24.6 Å². The summed E-state index contributed by atoms with van der Waals surface area (Å²) in [4.78, 5) is 33.6. The standard InChI is InChI=1S/C24H22FN7O3/c25-16-7-9-27-19(12-16)29-23(33)15-5-3-14(4-6-15)21-20-18(8-10-28-22(20)26)32(30-21)17-2-1-11-31(13-17)24(34)35/h3-10,12,17H,1-2,11,13H2,(H2,26,28)(H,34,35)(H,27,29,33). The van der Waals surface area contributed by atoms with E-state index in [2.05, 4.69) is 15.3 Å². The second-order valence-corrected chi connectivity index (χ2v) is 8.30. The van der Waals surface area contributed by atoms with Crippen molar-refractivity contribution in [1.29, 1.82) is 0 Å². The lowest BCUT2D eigenvalue weighted by molar-refractivity contribution is 0.102. The second-order valence-electron chi connectivity index (χ2n) is 8.30. The Bertz CT molecular complexity index is 1420. The summed E-state index contributed by atoms with van der Waals surface area (Å²) in [5, 5.41) is 17.5. The number of carbonyl (C=O) groups excluding carboxylic acids is 1. The molecule has 1 atom stereocenters. The first-order chi connectivity index (χ1) is 16.9. The molecule has 1 aliphatic rings. The molecule has 0 spiro atoms. The van der Waals surface area contributed by atoms with Crippen molar-refractivity contribution in [2.24, 2.45) is 0 Å². The highest BCUT2D eigenvalue weighted by Crippen LogP contribution is 2.34. The first-order valence-electron chi connectivity index (χ1n) is 11.0. The van der Waals surface area contributed by atoms with Crippen molar-refractivity contribution in [2.75, 3.05) is 24.1 Å². The topological polar surface area (TPSA) is 139 Å². The first kappa shape index (κ1) is 22.3. The SMILES string of the molecule is Nc1nccc2c1c(-c1ccc(C(=O)Nc3cc(F)ccn3)cc1)nn2C1CCCN(C(=O)O)C1. The number of carbonyl (C=O) groups is 2. The fourth-order valence-electron chi connectivity index (χ4n) is 4.36. The summed E-state index contributed by atoms with van der Waals surface area (Å²) in [5.41, 5.74) is 8.66. The van der Waals surface area contributed by atoms with E-state index < -0.39 is 17.8 Å². The fraction of sp³-hybridized carbons (Fsp3) is 0.208. The van der Waals surface area contributed by atoms with Crippen LogP contribution in [0.3, 0.4) is 0 Å². The largest absolute Gasteiger partial charge is 0.465 e. The van der Waals surface area contributed by atoms with E-state index in [1.165, 1.54) is 17.2 Å². The first-order valence-corrected chi connectivity index (χ1v) is 11.0. The predicted octanol–water partition coefficient (Wildman–Crippen LogP) is 3.78. The molecule has 35 heavy (non-hydrogen) atoms. The Morgan fingerprint density at radius 3 is 2.63 bits per heavy atom. The van der Waals surface area contributed by atoms with Crippen molar-refractivity contribution in [3.8, 4) is 11.3 Å². The van der Waals surface area contributed by atoms with E-state index in [1.807, 2.05) is 10.7 Å². The highest BCUT2D eigenvalue weighted by molar-refractivity contribution is 6.05. The van der Waals surface area contributed by atoms with Crippen LogP contribution in [0, 0.1) is 5.82 Å². The Labute approximate surface area is 199 Å². The van der Waals surface area contributed by atoms with Gasteiger partial charge in [0.05, 0.1) is 16.9 Å². The molecule has 0 radical (unpaired) electrons. The Morgan fingerprint density at radius 1 is 1.11 bits per heavy atom. The maximum absolute atomic E-state index is 13.4. The van der Waals surface area contributed by atoms with E-state index in [4.69, 9.17) is 10.8 Å². The van der Waals surface area contributed by atoms with Gasteiger partial charge >= 0.3 is 6.09 Å². The monoisotopic (exact) mass is 475 g/mol. The third kappa shape index (κ3) is 4.35. The molecule has 5 rings (SSSR count). The molecule has 1 saturated heterocycles. The third-order valence-corrected chi connectivity index (χ3v) is 6.05. The maximum Gasteiger partial charge on any atom is 0.407 e. The molecule has 0 bridgehead atoms. The molecular weight excluding hydrogens is 453 g/mol. The molecule has 0 aliphatic carbocycles. The van der Waals surface area contributed by atoms with Gasteiger partial charge in [-0.1, -0.05) is 12.1 Å². The van der Waals surface area contributed by atoms with Crippen LogP contribution in [0.25, 0.3) is 22.2 Å². The van der Waals surface area contributed by atoms with Gasteiger partial charge in [0.1, 0.15) is 23.1 Å². The number of pyridine rings is 2. The fourth-order valence-corrected chi connectivity index (χ4v) is 4.36. The van der Waals surface area contributed by atoms with Crippen molar-refractivity contribution in [3.05, 3.63) is 66.2 Å². The molecule has 0 saturated carbocycles. The summed E-state index contributed by atoms with van der Waals surface area (Å²) in [6.07, 6.45) is 3.45. The van der Waals surface area contributed by atoms with Gasteiger partial charge in [-0.25, -0.2) is 19.2 Å². The zero-order chi connectivity index (χ0) is 24.5. The van der Waals surface area contributed by atoms with E-state index in [0.717, 1.165) is 30.0 Å². The van der Waals surface area contributed by atoms with Crippen LogP contribution in [0.15, 0.2) is 54.9 Å². The number of hydrogen-bond acceptors (Lipinski definition) is 6. The highest BCUT2D eigenvalue weighted by Gasteiger charge is 2.28. The molecule has 1 aromatic carbocycles. The van der Waals surface area contributed by atoms with Gasteiger partial charge in [-0.3, -0.25) is 9.48 Å². The van der Waals surface area contributed by atoms with E-state index in [-0.39, 0.29) is 11.9 Å². The van der Waals surface area contributed by atoms with Crippen LogP contribution >= 0.6 is 0 Å². The van der Waals surface area contributed by atoms with Crippen molar-refractivity contribution in [2.45, 2.75) is 18.9 Å². The van der Waals surface area contributed by atoms with Crippen LogP contribution in [0.1, 0.15) is 29.2 Å². The zero-order valence-corrected chi connectivity index (χ0v) is 18.6. The molecule has 4 N–H and O–H groups in total. The van der Waals surface area contributed by atoms with Crippen LogP contribution in [0.4, 0.5) is 20.8 Å². The number of nitrogens with zero attached hydrogens (tertiary/aromatic N) is 5. The highest BCUT2D eigenvalue weighted by atomic mass is 19.1. The molecule has 4 heterocycles. The summed E-state index contributed by atoms with van der Waals surface area (Å²) in [7, 11) is 0. The quantitative estimate of drug-likeness (QED) is 0.408. The normalized spacial score (nSPS) is 15.8. The number of halogens is 1. The molecular formula is C24H22FN7O3. The van der Waals surface area contributed by atoms with Crippen molar-refractivity contribution < 1.29 is 19.1 Å². The van der Waals surface area contributed by atoms with Gasteiger partial charge < -0.3 is 21.1 Å². The van der Waals surface area contributed by atoms with E-state index >= 15 is 0 Å². The van der Waals surface area contributed by atoms with Crippen LogP contribution < -0.4 is 11.1 Å². The molecule has 11 heteroatoms. The number of likely N-dealkylation sites (tertiary alicyclic amines) is 1. The van der Waals surface area contributed by atoms with Gasteiger partial charge in [0.2, 0.25) is 0 Å². The average Bonchev–Trinajstić information content (AvgIpc) is 3.25. The lowest BCUT2D eigenvalue weighted by Crippen LogP contribution is -2.40. The summed E-state index contributed by atoms with van der Waals surface area (Å²) >= 11 is 0. The summed E-state index contributed by atoms with van der Waals surface area (Å²) in [6, 6.07) is 10.8. The van der Waals surface area contributed by atoms with Crippen molar-refractivity contribution >= 4 is 34.5 Å². The molecule has 10 nitrogen and oxygen atoms in total. The number of benzene rings is 1. The van der Waals surface area contributed by atoms with Crippen molar-refractivity contribution in [3.63, 3.8) is 0 Å². The number of nitrogens with two attached hydrogens (primary N) is 1. The summed E-state index contributed by atoms with van der Waals surface area (Å²) in [5.74, 6) is -0.495. The van der Waals surface area contributed by atoms with Crippen LogP contribution in [-0.4, -0.2) is 54.8 Å². The Morgan fingerprint density at radius 2 is 1.89 bits per heavy atom. The van der Waals surface area contributed by atoms with Gasteiger partial charge in [-0.05, 0) is 37.1 Å². The minimum Gasteiger partial charge on any atom is -0.465 e. The minimum absolute atomic E-state index is 0.116. The average molecular weight is 475 g/mol. The Hall–Kier alpha value is -4.54. The molecule has 1 fully saturated rings.